The lowest BCUT2D eigenvalue weighted by molar-refractivity contribution is -0.142. The Kier molecular flexibility index (Phi) is 5.93. The molecule has 0 aliphatic rings. The van der Waals surface area contributed by atoms with Crippen LogP contribution in [-0.2, 0) is 9.59 Å². The van der Waals surface area contributed by atoms with E-state index in [1.54, 1.807) is 6.92 Å². The molecule has 0 aliphatic carbocycles. The molecule has 1 unspecified atom stereocenters. The van der Waals surface area contributed by atoms with Crippen LogP contribution in [0.3, 0.4) is 0 Å². The van der Waals surface area contributed by atoms with Crippen LogP contribution in [0.5, 0.6) is 0 Å². The van der Waals surface area contributed by atoms with Gasteiger partial charge in [0.2, 0.25) is 5.91 Å². The minimum atomic E-state index is -0.998. The lowest BCUT2D eigenvalue weighted by atomic mass is 10.0. The topological polar surface area (TPSA) is 92.4 Å². The third-order valence-corrected chi connectivity index (χ3v) is 1.85. The standard InChI is InChI=1S/C10H20N2O3/c1-6(2)4-8(10(14)15)12-9(13)5-7(3)11/h6-8H,4-5,11H2,1-3H3,(H,12,13)(H,14,15)/t7?,8-/m1/s1. The highest BCUT2D eigenvalue weighted by Gasteiger charge is 2.21. The molecular formula is C10H20N2O3. The van der Waals surface area contributed by atoms with E-state index in [9.17, 15) is 9.59 Å². The average molecular weight is 216 g/mol. The number of carboxylic acids is 1. The summed E-state index contributed by atoms with van der Waals surface area (Å²) >= 11 is 0. The van der Waals surface area contributed by atoms with E-state index in [0.717, 1.165) is 0 Å². The van der Waals surface area contributed by atoms with Gasteiger partial charge in [-0.1, -0.05) is 13.8 Å². The third kappa shape index (κ3) is 6.90. The second-order valence-corrected chi connectivity index (χ2v) is 4.27. The largest absolute Gasteiger partial charge is 0.480 e. The van der Waals surface area contributed by atoms with E-state index in [1.807, 2.05) is 13.8 Å². The zero-order valence-corrected chi connectivity index (χ0v) is 9.49. The molecule has 0 aliphatic heterocycles. The van der Waals surface area contributed by atoms with Gasteiger partial charge in [-0.2, -0.15) is 0 Å². The zero-order valence-electron chi connectivity index (χ0n) is 9.49. The zero-order chi connectivity index (χ0) is 12.0. The van der Waals surface area contributed by atoms with Gasteiger partial charge in [0, 0.05) is 12.5 Å². The highest BCUT2D eigenvalue weighted by molar-refractivity contribution is 5.83. The van der Waals surface area contributed by atoms with Crippen molar-refractivity contribution < 1.29 is 14.7 Å². The fraction of sp³-hybridized carbons (Fsp3) is 0.800. The van der Waals surface area contributed by atoms with Crippen molar-refractivity contribution in [2.75, 3.05) is 0 Å². The SMILES string of the molecule is CC(C)C[C@@H](NC(=O)CC(C)N)C(=O)O. The number of carbonyl (C=O) groups is 2. The Morgan fingerprint density at radius 3 is 2.20 bits per heavy atom. The molecule has 15 heavy (non-hydrogen) atoms. The summed E-state index contributed by atoms with van der Waals surface area (Å²) in [4.78, 5) is 22.1. The fourth-order valence-corrected chi connectivity index (χ4v) is 1.24. The molecule has 0 aromatic heterocycles. The quantitative estimate of drug-likeness (QED) is 0.597. The summed E-state index contributed by atoms with van der Waals surface area (Å²) in [6.45, 7) is 5.53. The molecule has 0 heterocycles. The number of nitrogens with one attached hydrogen (secondary N) is 1. The summed E-state index contributed by atoms with van der Waals surface area (Å²) in [6.07, 6.45) is 0.585. The molecule has 1 amide bonds. The van der Waals surface area contributed by atoms with E-state index in [4.69, 9.17) is 10.8 Å². The van der Waals surface area contributed by atoms with Crippen LogP contribution in [0.25, 0.3) is 0 Å². The normalized spacial score (nSPS) is 14.7. The first kappa shape index (κ1) is 13.9. The van der Waals surface area contributed by atoms with Gasteiger partial charge in [-0.05, 0) is 19.3 Å². The third-order valence-electron chi connectivity index (χ3n) is 1.85. The Bertz CT molecular complexity index is 227. The van der Waals surface area contributed by atoms with Crippen molar-refractivity contribution in [3.8, 4) is 0 Å². The highest BCUT2D eigenvalue weighted by atomic mass is 16.4. The highest BCUT2D eigenvalue weighted by Crippen LogP contribution is 2.05. The Hall–Kier alpha value is -1.10. The molecule has 5 heteroatoms. The van der Waals surface area contributed by atoms with Crippen LogP contribution in [-0.4, -0.2) is 29.1 Å². The van der Waals surface area contributed by atoms with Gasteiger partial charge < -0.3 is 16.2 Å². The maximum atomic E-state index is 11.3. The van der Waals surface area contributed by atoms with E-state index < -0.39 is 12.0 Å². The number of hydrogen-bond donors (Lipinski definition) is 3. The maximum absolute atomic E-state index is 11.3. The molecule has 0 spiro atoms. The lowest BCUT2D eigenvalue weighted by Crippen LogP contribution is -2.43. The van der Waals surface area contributed by atoms with Crippen molar-refractivity contribution in [1.29, 1.82) is 0 Å². The summed E-state index contributed by atoms with van der Waals surface area (Å²) in [6, 6.07) is -1.06. The molecule has 88 valence electrons. The summed E-state index contributed by atoms with van der Waals surface area (Å²) < 4.78 is 0. The minimum Gasteiger partial charge on any atom is -0.480 e. The maximum Gasteiger partial charge on any atom is 0.326 e. The molecule has 4 N–H and O–H groups in total. The molecule has 5 nitrogen and oxygen atoms in total. The van der Waals surface area contributed by atoms with Crippen molar-refractivity contribution in [2.45, 2.75) is 45.7 Å². The predicted octanol–water partition coefficient (Wildman–Crippen LogP) is 0.339. The van der Waals surface area contributed by atoms with Gasteiger partial charge in [-0.3, -0.25) is 4.79 Å². The summed E-state index contributed by atoms with van der Waals surface area (Å²) in [5, 5.41) is 11.3. The summed E-state index contributed by atoms with van der Waals surface area (Å²) in [5.74, 6) is -1.08. The second kappa shape index (κ2) is 6.40. The van der Waals surface area contributed by atoms with Crippen molar-refractivity contribution >= 4 is 11.9 Å². The fourth-order valence-electron chi connectivity index (χ4n) is 1.24. The molecule has 0 aromatic rings. The molecule has 0 saturated heterocycles. The molecular weight excluding hydrogens is 196 g/mol. The van der Waals surface area contributed by atoms with Crippen LogP contribution in [0, 0.1) is 5.92 Å². The Balaban J connectivity index is 4.16. The van der Waals surface area contributed by atoms with Gasteiger partial charge in [0.1, 0.15) is 6.04 Å². The number of amides is 1. The van der Waals surface area contributed by atoms with E-state index in [0.29, 0.717) is 6.42 Å². The van der Waals surface area contributed by atoms with E-state index in [-0.39, 0.29) is 24.3 Å². The smallest absolute Gasteiger partial charge is 0.326 e. The molecule has 0 rings (SSSR count). The summed E-state index contributed by atoms with van der Waals surface area (Å²) in [5.41, 5.74) is 5.44. The van der Waals surface area contributed by atoms with Gasteiger partial charge in [-0.25, -0.2) is 4.79 Å². The predicted molar refractivity (Wildman–Crippen MR) is 57.3 cm³/mol. The first-order chi connectivity index (χ1) is 6.82. The van der Waals surface area contributed by atoms with Crippen LogP contribution >= 0.6 is 0 Å². The molecule has 2 atom stereocenters. The lowest BCUT2D eigenvalue weighted by Gasteiger charge is -2.17. The average Bonchev–Trinajstić information content (AvgIpc) is 1.99. The van der Waals surface area contributed by atoms with Crippen LogP contribution in [0.1, 0.15) is 33.6 Å². The number of carboxylic acid groups (broad SMARTS) is 1. The number of aliphatic carboxylic acids is 1. The Morgan fingerprint density at radius 1 is 1.33 bits per heavy atom. The molecule has 0 saturated carbocycles. The first-order valence-corrected chi connectivity index (χ1v) is 5.10. The van der Waals surface area contributed by atoms with Crippen LogP contribution in [0.15, 0.2) is 0 Å². The van der Waals surface area contributed by atoms with E-state index in [1.165, 1.54) is 0 Å². The number of carbonyl (C=O) groups excluding carboxylic acids is 1. The van der Waals surface area contributed by atoms with Gasteiger partial charge in [0.25, 0.3) is 0 Å². The first-order valence-electron chi connectivity index (χ1n) is 5.10. The number of rotatable bonds is 6. The molecule has 0 radical (unpaired) electrons. The number of hydrogen-bond acceptors (Lipinski definition) is 3. The number of nitrogens with two attached hydrogens (primary N) is 1. The van der Waals surface area contributed by atoms with Crippen LogP contribution < -0.4 is 11.1 Å². The van der Waals surface area contributed by atoms with Crippen molar-refractivity contribution in [3.63, 3.8) is 0 Å². The van der Waals surface area contributed by atoms with E-state index >= 15 is 0 Å². The van der Waals surface area contributed by atoms with Crippen LogP contribution in [0.2, 0.25) is 0 Å². The van der Waals surface area contributed by atoms with Crippen LogP contribution in [0.4, 0.5) is 0 Å². The molecule has 0 bridgehead atoms. The second-order valence-electron chi connectivity index (χ2n) is 4.27. The Labute approximate surface area is 90.0 Å². The van der Waals surface area contributed by atoms with Crippen molar-refractivity contribution in [2.24, 2.45) is 11.7 Å². The minimum absolute atomic E-state index is 0.155. The Morgan fingerprint density at radius 2 is 1.87 bits per heavy atom. The van der Waals surface area contributed by atoms with Gasteiger partial charge in [-0.15, -0.1) is 0 Å². The van der Waals surface area contributed by atoms with Gasteiger partial charge in [0.15, 0.2) is 0 Å². The van der Waals surface area contributed by atoms with Crippen molar-refractivity contribution in [1.82, 2.24) is 5.32 Å². The van der Waals surface area contributed by atoms with Crippen molar-refractivity contribution in [3.05, 3.63) is 0 Å². The van der Waals surface area contributed by atoms with Gasteiger partial charge >= 0.3 is 5.97 Å². The van der Waals surface area contributed by atoms with E-state index in [2.05, 4.69) is 5.32 Å². The van der Waals surface area contributed by atoms with Gasteiger partial charge in [0.05, 0.1) is 0 Å². The monoisotopic (exact) mass is 216 g/mol. The summed E-state index contributed by atoms with van der Waals surface area (Å²) in [7, 11) is 0. The molecule has 0 fully saturated rings. The molecule has 0 aromatic carbocycles.